The minimum Gasteiger partial charge on any atom is -0.462 e. The highest BCUT2D eigenvalue weighted by atomic mass is 19.1. The van der Waals surface area contributed by atoms with Gasteiger partial charge in [0.25, 0.3) is 0 Å². The average Bonchev–Trinajstić information content (AvgIpc) is 2.71. The molecule has 0 radical (unpaired) electrons. The number of carbonyl (C=O) groups is 2. The second-order valence-corrected chi connectivity index (χ2v) is 6.81. The zero-order valence-corrected chi connectivity index (χ0v) is 16.6. The predicted octanol–water partition coefficient (Wildman–Crippen LogP) is 3.00. The van der Waals surface area contributed by atoms with E-state index in [2.05, 4.69) is 10.2 Å². The number of piperazine rings is 1. The monoisotopic (exact) mass is 400 g/mol. The number of halogens is 1. The van der Waals surface area contributed by atoms with Gasteiger partial charge in [-0.1, -0.05) is 6.07 Å². The summed E-state index contributed by atoms with van der Waals surface area (Å²) >= 11 is 0. The van der Waals surface area contributed by atoms with E-state index in [0.717, 1.165) is 24.5 Å². The number of rotatable bonds is 5. The van der Waals surface area contributed by atoms with Crippen molar-refractivity contribution in [3.8, 4) is 0 Å². The van der Waals surface area contributed by atoms with E-state index >= 15 is 0 Å². The first-order chi connectivity index (χ1) is 13.9. The van der Waals surface area contributed by atoms with Gasteiger partial charge in [-0.15, -0.1) is 0 Å². The van der Waals surface area contributed by atoms with Gasteiger partial charge in [0.2, 0.25) is 5.91 Å². The van der Waals surface area contributed by atoms with Gasteiger partial charge in [-0.05, 0) is 31.2 Å². The minimum atomic E-state index is -0.741. The Hall–Kier alpha value is -3.29. The van der Waals surface area contributed by atoms with Crippen molar-refractivity contribution < 1.29 is 18.7 Å². The highest BCUT2D eigenvalue weighted by Crippen LogP contribution is 2.29. The molecule has 2 aromatic carbocycles. The number of anilines is 4. The lowest BCUT2D eigenvalue weighted by atomic mass is 10.1. The quantitative estimate of drug-likeness (QED) is 0.593. The molecule has 0 unspecified atom stereocenters. The Labute approximate surface area is 169 Å². The average molecular weight is 400 g/mol. The van der Waals surface area contributed by atoms with Crippen molar-refractivity contribution in [2.75, 3.05) is 48.7 Å². The van der Waals surface area contributed by atoms with Crippen molar-refractivity contribution in [1.82, 2.24) is 4.90 Å². The van der Waals surface area contributed by atoms with E-state index in [-0.39, 0.29) is 23.8 Å². The standard InChI is InChI=1S/C21H25FN4O3/c1-3-29-21(28)17-12-19(23)20(13-18(17)22)24-15-5-4-6-16(11-15)26-9-7-25(8-10-26)14(2)27/h4-6,11-13,24H,3,7-10,23H2,1-2H3. The maximum Gasteiger partial charge on any atom is 0.341 e. The molecule has 1 heterocycles. The Balaban J connectivity index is 1.75. The topological polar surface area (TPSA) is 87.9 Å². The van der Waals surface area contributed by atoms with Crippen LogP contribution in [0.3, 0.4) is 0 Å². The van der Waals surface area contributed by atoms with Crippen LogP contribution in [0.15, 0.2) is 36.4 Å². The molecule has 0 aromatic heterocycles. The summed E-state index contributed by atoms with van der Waals surface area (Å²) in [6.45, 7) is 6.24. The molecule has 0 bridgehead atoms. The third-order valence-corrected chi connectivity index (χ3v) is 4.85. The third kappa shape index (κ3) is 4.77. The van der Waals surface area contributed by atoms with Gasteiger partial charge in [-0.3, -0.25) is 4.79 Å². The molecule has 154 valence electrons. The van der Waals surface area contributed by atoms with E-state index in [1.807, 2.05) is 29.2 Å². The molecular formula is C21H25FN4O3. The Bertz CT molecular complexity index is 911. The first-order valence-corrected chi connectivity index (χ1v) is 9.52. The summed E-state index contributed by atoms with van der Waals surface area (Å²) in [5.74, 6) is -1.35. The molecule has 8 heteroatoms. The van der Waals surface area contributed by atoms with E-state index in [9.17, 15) is 14.0 Å². The van der Waals surface area contributed by atoms with E-state index < -0.39 is 11.8 Å². The second kappa shape index (κ2) is 8.81. The Morgan fingerprint density at radius 1 is 1.17 bits per heavy atom. The molecule has 7 nitrogen and oxygen atoms in total. The van der Waals surface area contributed by atoms with Crippen molar-refractivity contribution >= 4 is 34.6 Å². The summed E-state index contributed by atoms with van der Waals surface area (Å²) in [6.07, 6.45) is 0. The fourth-order valence-corrected chi connectivity index (χ4v) is 3.28. The number of nitrogens with one attached hydrogen (secondary N) is 1. The van der Waals surface area contributed by atoms with Crippen LogP contribution < -0.4 is 16.0 Å². The van der Waals surface area contributed by atoms with Crippen LogP contribution in [0.4, 0.5) is 27.1 Å². The molecule has 0 aliphatic carbocycles. The highest BCUT2D eigenvalue weighted by Gasteiger charge is 2.19. The molecular weight excluding hydrogens is 375 g/mol. The lowest BCUT2D eigenvalue weighted by molar-refractivity contribution is -0.129. The van der Waals surface area contributed by atoms with Crippen LogP contribution in [-0.4, -0.2) is 49.6 Å². The molecule has 0 saturated carbocycles. The summed E-state index contributed by atoms with van der Waals surface area (Å²) < 4.78 is 19.2. The van der Waals surface area contributed by atoms with Gasteiger partial charge in [0.1, 0.15) is 5.82 Å². The number of nitrogen functional groups attached to an aromatic ring is 1. The number of esters is 1. The summed E-state index contributed by atoms with van der Waals surface area (Å²) in [6, 6.07) is 10.2. The summed E-state index contributed by atoms with van der Waals surface area (Å²) in [5, 5.41) is 3.11. The van der Waals surface area contributed by atoms with E-state index in [1.165, 1.54) is 12.1 Å². The molecule has 1 aliphatic rings. The molecule has 1 aliphatic heterocycles. The van der Waals surface area contributed by atoms with E-state index in [0.29, 0.717) is 18.8 Å². The van der Waals surface area contributed by atoms with Gasteiger partial charge in [0.15, 0.2) is 0 Å². The number of hydrogen-bond donors (Lipinski definition) is 2. The lowest BCUT2D eigenvalue weighted by Crippen LogP contribution is -2.48. The molecule has 1 fully saturated rings. The summed E-state index contributed by atoms with van der Waals surface area (Å²) in [7, 11) is 0. The molecule has 0 atom stereocenters. The Kier molecular flexibility index (Phi) is 6.21. The number of ether oxygens (including phenoxy) is 1. The minimum absolute atomic E-state index is 0.0869. The van der Waals surface area contributed by atoms with Crippen LogP contribution >= 0.6 is 0 Å². The van der Waals surface area contributed by atoms with Crippen molar-refractivity contribution in [2.45, 2.75) is 13.8 Å². The van der Waals surface area contributed by atoms with Crippen LogP contribution in [0.2, 0.25) is 0 Å². The SMILES string of the molecule is CCOC(=O)c1cc(N)c(Nc2cccc(N3CCN(C(C)=O)CC3)c2)cc1F. The predicted molar refractivity (Wildman–Crippen MR) is 111 cm³/mol. The molecule has 3 N–H and O–H groups in total. The molecule has 1 amide bonds. The van der Waals surface area contributed by atoms with Gasteiger partial charge in [-0.2, -0.15) is 0 Å². The molecule has 2 aromatic rings. The zero-order valence-electron chi connectivity index (χ0n) is 16.6. The van der Waals surface area contributed by atoms with E-state index in [1.54, 1.807) is 13.8 Å². The first kappa shape index (κ1) is 20.4. The van der Waals surface area contributed by atoms with Gasteiger partial charge in [0.05, 0.1) is 23.5 Å². The molecule has 29 heavy (non-hydrogen) atoms. The van der Waals surface area contributed by atoms with Crippen LogP contribution in [0, 0.1) is 5.82 Å². The van der Waals surface area contributed by atoms with Gasteiger partial charge in [0, 0.05) is 50.5 Å². The number of amides is 1. The number of hydrogen-bond acceptors (Lipinski definition) is 6. The first-order valence-electron chi connectivity index (χ1n) is 9.52. The Morgan fingerprint density at radius 3 is 2.55 bits per heavy atom. The summed E-state index contributed by atoms with van der Waals surface area (Å²) in [5.41, 5.74) is 8.18. The maximum atomic E-state index is 14.3. The normalized spacial score (nSPS) is 13.9. The zero-order chi connectivity index (χ0) is 21.0. The van der Waals surface area contributed by atoms with Gasteiger partial charge in [-0.25, -0.2) is 9.18 Å². The van der Waals surface area contributed by atoms with Gasteiger partial charge < -0.3 is 25.6 Å². The summed E-state index contributed by atoms with van der Waals surface area (Å²) in [4.78, 5) is 27.3. The Morgan fingerprint density at radius 2 is 1.90 bits per heavy atom. The number of nitrogens with two attached hydrogens (primary N) is 1. The number of nitrogens with zero attached hydrogens (tertiary/aromatic N) is 2. The second-order valence-electron chi connectivity index (χ2n) is 6.81. The molecule has 3 rings (SSSR count). The number of carbonyl (C=O) groups excluding carboxylic acids is 2. The fraction of sp³-hybridized carbons (Fsp3) is 0.333. The van der Waals surface area contributed by atoms with Crippen LogP contribution in [0.1, 0.15) is 24.2 Å². The van der Waals surface area contributed by atoms with Crippen LogP contribution in [0.25, 0.3) is 0 Å². The van der Waals surface area contributed by atoms with Crippen molar-refractivity contribution in [1.29, 1.82) is 0 Å². The highest BCUT2D eigenvalue weighted by molar-refractivity contribution is 5.92. The van der Waals surface area contributed by atoms with Gasteiger partial charge >= 0.3 is 5.97 Å². The smallest absolute Gasteiger partial charge is 0.341 e. The lowest BCUT2D eigenvalue weighted by Gasteiger charge is -2.35. The van der Waals surface area contributed by atoms with Crippen molar-refractivity contribution in [2.24, 2.45) is 0 Å². The largest absolute Gasteiger partial charge is 0.462 e. The van der Waals surface area contributed by atoms with Crippen molar-refractivity contribution in [3.63, 3.8) is 0 Å². The maximum absolute atomic E-state index is 14.3. The molecule has 1 saturated heterocycles. The third-order valence-electron chi connectivity index (χ3n) is 4.85. The van der Waals surface area contributed by atoms with E-state index in [4.69, 9.17) is 10.5 Å². The fourth-order valence-electron chi connectivity index (χ4n) is 3.28. The van der Waals surface area contributed by atoms with Crippen molar-refractivity contribution in [3.05, 3.63) is 47.8 Å². The molecule has 0 spiro atoms. The van der Waals surface area contributed by atoms with Crippen LogP contribution in [0.5, 0.6) is 0 Å². The van der Waals surface area contributed by atoms with Crippen LogP contribution in [-0.2, 0) is 9.53 Å². The number of benzene rings is 2.